The zero-order valence-corrected chi connectivity index (χ0v) is 12.1. The number of nitrogens with one attached hydrogen (secondary N) is 1. The van der Waals surface area contributed by atoms with Crippen LogP contribution < -0.4 is 5.32 Å². The Morgan fingerprint density at radius 3 is 2.78 bits per heavy atom. The minimum Gasteiger partial charge on any atom is -0.461 e. The smallest absolute Gasteiger partial charge is 0.358 e. The van der Waals surface area contributed by atoms with Crippen LogP contribution in [0.4, 0.5) is 5.13 Å². The van der Waals surface area contributed by atoms with Gasteiger partial charge in [0, 0.05) is 12.0 Å². The molecule has 1 atom stereocenters. The molecule has 102 valence electrons. The first-order valence-electron chi connectivity index (χ1n) is 6.02. The number of esters is 1. The molecule has 0 aliphatic heterocycles. The van der Waals surface area contributed by atoms with E-state index in [4.69, 9.17) is 9.47 Å². The summed E-state index contributed by atoms with van der Waals surface area (Å²) < 4.78 is 10.1. The van der Waals surface area contributed by atoms with Crippen molar-refractivity contribution in [3.05, 3.63) is 10.6 Å². The van der Waals surface area contributed by atoms with Crippen molar-refractivity contribution in [2.24, 2.45) is 0 Å². The zero-order valence-electron chi connectivity index (χ0n) is 11.3. The quantitative estimate of drug-likeness (QED) is 0.773. The van der Waals surface area contributed by atoms with Crippen LogP contribution in [0.15, 0.2) is 0 Å². The molecule has 0 spiro atoms. The first kappa shape index (κ1) is 14.9. The van der Waals surface area contributed by atoms with Crippen molar-refractivity contribution in [1.82, 2.24) is 4.98 Å². The van der Waals surface area contributed by atoms with E-state index in [1.165, 1.54) is 11.3 Å². The molecule has 1 heterocycles. The lowest BCUT2D eigenvalue weighted by molar-refractivity contribution is 0.0519. The fourth-order valence-corrected chi connectivity index (χ4v) is 2.36. The van der Waals surface area contributed by atoms with Crippen molar-refractivity contribution >= 4 is 22.4 Å². The van der Waals surface area contributed by atoms with Gasteiger partial charge < -0.3 is 14.8 Å². The van der Waals surface area contributed by atoms with Crippen molar-refractivity contribution < 1.29 is 14.3 Å². The maximum Gasteiger partial charge on any atom is 0.358 e. The second kappa shape index (κ2) is 7.33. The van der Waals surface area contributed by atoms with Crippen LogP contribution in [-0.4, -0.2) is 37.3 Å². The largest absolute Gasteiger partial charge is 0.461 e. The van der Waals surface area contributed by atoms with Crippen LogP contribution in [0, 0.1) is 6.92 Å². The average Bonchev–Trinajstić information content (AvgIpc) is 2.70. The molecule has 1 aromatic rings. The number of hydrogen-bond donors (Lipinski definition) is 1. The van der Waals surface area contributed by atoms with Crippen molar-refractivity contribution in [3.8, 4) is 0 Å². The van der Waals surface area contributed by atoms with E-state index in [0.717, 1.165) is 16.4 Å². The molecule has 0 amide bonds. The second-order valence-corrected chi connectivity index (χ2v) is 5.05. The molecule has 1 N–H and O–H groups in total. The number of aryl methyl sites for hydroxylation is 1. The Balaban J connectivity index is 2.74. The van der Waals surface area contributed by atoms with Crippen LogP contribution in [0.25, 0.3) is 0 Å². The lowest BCUT2D eigenvalue weighted by Gasteiger charge is -2.14. The second-order valence-electron chi connectivity index (χ2n) is 3.85. The topological polar surface area (TPSA) is 60.5 Å². The lowest BCUT2D eigenvalue weighted by atomic mass is 10.2. The Morgan fingerprint density at radius 2 is 2.22 bits per heavy atom. The highest BCUT2D eigenvalue weighted by molar-refractivity contribution is 7.15. The molecule has 0 bridgehead atoms. The minimum absolute atomic E-state index is 0.204. The summed E-state index contributed by atoms with van der Waals surface area (Å²) in [4.78, 5) is 16.8. The average molecular weight is 272 g/mol. The number of rotatable bonds is 7. The Morgan fingerprint density at radius 1 is 1.50 bits per heavy atom. The van der Waals surface area contributed by atoms with Gasteiger partial charge in [-0.1, -0.05) is 6.92 Å². The van der Waals surface area contributed by atoms with E-state index >= 15 is 0 Å². The van der Waals surface area contributed by atoms with Crippen molar-refractivity contribution in [2.75, 3.05) is 25.6 Å². The summed E-state index contributed by atoms with van der Waals surface area (Å²) in [5.41, 5.74) is 0.400. The molecule has 0 saturated carbocycles. The van der Waals surface area contributed by atoms with Gasteiger partial charge in [0.05, 0.1) is 19.3 Å². The van der Waals surface area contributed by atoms with E-state index in [-0.39, 0.29) is 12.0 Å². The van der Waals surface area contributed by atoms with Crippen LogP contribution in [0.2, 0.25) is 0 Å². The molecule has 1 aromatic heterocycles. The molecule has 1 unspecified atom stereocenters. The summed E-state index contributed by atoms with van der Waals surface area (Å²) >= 11 is 1.46. The maximum absolute atomic E-state index is 11.6. The van der Waals surface area contributed by atoms with Gasteiger partial charge in [0.15, 0.2) is 10.8 Å². The number of ether oxygens (including phenoxy) is 2. The first-order valence-corrected chi connectivity index (χ1v) is 6.84. The zero-order chi connectivity index (χ0) is 13.5. The molecule has 6 heteroatoms. The molecule has 0 aliphatic rings. The van der Waals surface area contributed by atoms with Crippen LogP contribution in [0.3, 0.4) is 0 Å². The third-order valence-electron chi connectivity index (χ3n) is 2.45. The highest BCUT2D eigenvalue weighted by Gasteiger charge is 2.17. The molecule has 1 rings (SSSR count). The van der Waals surface area contributed by atoms with Gasteiger partial charge in [-0.3, -0.25) is 0 Å². The molecule has 0 saturated heterocycles. The van der Waals surface area contributed by atoms with Crippen molar-refractivity contribution in [3.63, 3.8) is 0 Å². The van der Waals surface area contributed by atoms with Crippen LogP contribution >= 0.6 is 11.3 Å². The van der Waals surface area contributed by atoms with E-state index in [9.17, 15) is 4.79 Å². The Kier molecular flexibility index (Phi) is 6.07. The van der Waals surface area contributed by atoms with E-state index in [1.54, 1.807) is 14.0 Å². The predicted molar refractivity (Wildman–Crippen MR) is 72.4 cm³/mol. The number of anilines is 1. The lowest BCUT2D eigenvalue weighted by Crippen LogP contribution is -2.23. The Bertz CT molecular complexity index is 393. The molecule has 5 nitrogen and oxygen atoms in total. The SMILES string of the molecule is CCOC(=O)c1nc(NC(CC)COC)sc1C. The molecule has 0 aromatic carbocycles. The normalized spacial score (nSPS) is 12.2. The predicted octanol–water partition coefficient (Wildman–Crippen LogP) is 2.47. The highest BCUT2D eigenvalue weighted by Crippen LogP contribution is 2.23. The van der Waals surface area contributed by atoms with Gasteiger partial charge in [-0.2, -0.15) is 0 Å². The van der Waals surface area contributed by atoms with Crippen LogP contribution in [-0.2, 0) is 9.47 Å². The van der Waals surface area contributed by atoms with Gasteiger partial charge in [0.2, 0.25) is 0 Å². The molecule has 0 fully saturated rings. The standard InChI is InChI=1S/C12H20N2O3S/c1-5-9(7-16-4)13-12-14-10(8(3)18-12)11(15)17-6-2/h9H,5-7H2,1-4H3,(H,13,14). The van der Waals surface area contributed by atoms with Crippen molar-refractivity contribution in [1.29, 1.82) is 0 Å². The highest BCUT2D eigenvalue weighted by atomic mass is 32.1. The van der Waals surface area contributed by atoms with E-state index in [2.05, 4.69) is 17.2 Å². The number of carbonyl (C=O) groups excluding carboxylic acids is 1. The first-order chi connectivity index (χ1) is 8.62. The molecule has 0 aliphatic carbocycles. The van der Waals surface area contributed by atoms with Gasteiger partial charge >= 0.3 is 5.97 Å². The summed E-state index contributed by atoms with van der Waals surface area (Å²) in [5, 5.41) is 4.00. The maximum atomic E-state index is 11.6. The van der Waals surface area contributed by atoms with Gasteiger partial charge in [-0.25, -0.2) is 9.78 Å². The third kappa shape index (κ3) is 3.96. The number of hydrogen-bond acceptors (Lipinski definition) is 6. The van der Waals surface area contributed by atoms with Crippen LogP contribution in [0.5, 0.6) is 0 Å². The fourth-order valence-electron chi connectivity index (χ4n) is 1.48. The number of nitrogens with zero attached hydrogens (tertiary/aromatic N) is 1. The Labute approximate surface area is 112 Å². The third-order valence-corrected chi connectivity index (χ3v) is 3.36. The monoisotopic (exact) mass is 272 g/mol. The summed E-state index contributed by atoms with van der Waals surface area (Å²) in [6, 6.07) is 0.204. The van der Waals surface area contributed by atoms with E-state index in [1.807, 2.05) is 6.92 Å². The molecular formula is C12H20N2O3S. The van der Waals surface area contributed by atoms with Gasteiger partial charge in [-0.15, -0.1) is 11.3 Å². The van der Waals surface area contributed by atoms with Gasteiger partial charge in [-0.05, 0) is 20.3 Å². The summed E-state index contributed by atoms with van der Waals surface area (Å²) in [7, 11) is 1.67. The number of thiazole rings is 1. The fraction of sp³-hybridized carbons (Fsp3) is 0.667. The molecular weight excluding hydrogens is 252 g/mol. The molecule has 18 heavy (non-hydrogen) atoms. The Hall–Kier alpha value is -1.14. The van der Waals surface area contributed by atoms with E-state index in [0.29, 0.717) is 18.9 Å². The number of carbonyl (C=O) groups is 1. The van der Waals surface area contributed by atoms with Gasteiger partial charge in [0.1, 0.15) is 0 Å². The van der Waals surface area contributed by atoms with Crippen LogP contribution in [0.1, 0.15) is 35.6 Å². The summed E-state index contributed by atoms with van der Waals surface area (Å²) in [5.74, 6) is -0.362. The molecule has 0 radical (unpaired) electrons. The van der Waals surface area contributed by atoms with Gasteiger partial charge in [0.25, 0.3) is 0 Å². The summed E-state index contributed by atoms with van der Waals surface area (Å²) in [6.07, 6.45) is 0.932. The number of methoxy groups -OCH3 is 1. The number of aromatic nitrogens is 1. The van der Waals surface area contributed by atoms with E-state index < -0.39 is 0 Å². The van der Waals surface area contributed by atoms with Crippen molar-refractivity contribution in [2.45, 2.75) is 33.2 Å². The minimum atomic E-state index is -0.362. The summed E-state index contributed by atoms with van der Waals surface area (Å²) in [6.45, 7) is 6.70.